The second-order valence-corrected chi connectivity index (χ2v) is 6.23. The minimum Gasteiger partial charge on any atom is -0.378 e. The summed E-state index contributed by atoms with van der Waals surface area (Å²) in [5.74, 6) is 0. The molecule has 0 aliphatic carbocycles. The van der Waals surface area contributed by atoms with Gasteiger partial charge in [-0.05, 0) is 11.6 Å². The molecular formula is C19H19N5O2. The first kappa shape index (κ1) is 16.3. The summed E-state index contributed by atoms with van der Waals surface area (Å²) in [6.45, 7) is 0.365. The van der Waals surface area contributed by atoms with E-state index in [1.54, 1.807) is 29.0 Å². The normalized spacial score (nSPS) is 11.3. The molecule has 7 nitrogen and oxygen atoms in total. The molecule has 4 rings (SSSR count). The third-order valence-electron chi connectivity index (χ3n) is 4.34. The minimum atomic E-state index is -0.132. The van der Waals surface area contributed by atoms with Crippen LogP contribution in [0.3, 0.4) is 0 Å². The third-order valence-corrected chi connectivity index (χ3v) is 4.34. The standard InChI is InChI=1S/C19H19N5O2/c1-22(2)23-10-9-16-14(19(23)25)11-20-18-17(13-7-5-4-6-8-13)15(12-26-3)21-24(16)18/h4-11H,12H2,1-3H3. The fraction of sp³-hybridized carbons (Fsp3) is 0.211. The molecule has 3 heterocycles. The highest BCUT2D eigenvalue weighted by molar-refractivity contribution is 5.86. The van der Waals surface area contributed by atoms with E-state index in [1.165, 1.54) is 4.68 Å². The molecule has 1 aromatic carbocycles. The zero-order valence-corrected chi connectivity index (χ0v) is 14.9. The Morgan fingerprint density at radius 1 is 1.15 bits per heavy atom. The lowest BCUT2D eigenvalue weighted by atomic mass is 10.1. The molecule has 0 saturated heterocycles. The quantitative estimate of drug-likeness (QED) is 0.564. The van der Waals surface area contributed by atoms with Crippen LogP contribution in [0.1, 0.15) is 5.69 Å². The van der Waals surface area contributed by atoms with Crippen molar-refractivity contribution in [2.45, 2.75) is 6.61 Å². The van der Waals surface area contributed by atoms with Crippen LogP contribution in [0.4, 0.5) is 0 Å². The number of benzene rings is 1. The lowest BCUT2D eigenvalue weighted by Crippen LogP contribution is -2.35. The second-order valence-electron chi connectivity index (χ2n) is 6.23. The van der Waals surface area contributed by atoms with Crippen molar-refractivity contribution in [3.63, 3.8) is 0 Å². The molecule has 0 radical (unpaired) electrons. The molecule has 0 aliphatic heterocycles. The van der Waals surface area contributed by atoms with Crippen molar-refractivity contribution in [1.29, 1.82) is 0 Å². The Bertz CT molecular complexity index is 1150. The van der Waals surface area contributed by atoms with E-state index in [2.05, 4.69) is 10.1 Å². The Morgan fingerprint density at radius 3 is 2.62 bits per heavy atom. The van der Waals surface area contributed by atoms with Crippen molar-refractivity contribution in [3.8, 4) is 11.1 Å². The van der Waals surface area contributed by atoms with Crippen molar-refractivity contribution < 1.29 is 4.74 Å². The molecule has 0 saturated carbocycles. The molecule has 0 bridgehead atoms. The Balaban J connectivity index is 2.07. The monoisotopic (exact) mass is 349 g/mol. The summed E-state index contributed by atoms with van der Waals surface area (Å²) in [5, 5.41) is 6.93. The smallest absolute Gasteiger partial charge is 0.279 e. The molecule has 7 heteroatoms. The molecule has 132 valence electrons. The maximum atomic E-state index is 12.7. The SMILES string of the molecule is COCc1nn2c(ncc3c(=O)n(N(C)C)ccc32)c1-c1ccccc1. The summed E-state index contributed by atoms with van der Waals surface area (Å²) in [7, 11) is 5.27. The predicted octanol–water partition coefficient (Wildman–Crippen LogP) is 2.06. The van der Waals surface area contributed by atoms with E-state index in [0.29, 0.717) is 17.6 Å². The van der Waals surface area contributed by atoms with Crippen molar-refractivity contribution in [2.75, 3.05) is 26.2 Å². The summed E-state index contributed by atoms with van der Waals surface area (Å²) in [5.41, 5.74) is 4.02. The van der Waals surface area contributed by atoms with Crippen molar-refractivity contribution in [1.82, 2.24) is 19.3 Å². The average Bonchev–Trinajstić information content (AvgIpc) is 3.01. The number of methoxy groups -OCH3 is 1. The first-order chi connectivity index (χ1) is 12.6. The van der Waals surface area contributed by atoms with Crippen LogP contribution in [-0.2, 0) is 11.3 Å². The largest absolute Gasteiger partial charge is 0.378 e. The van der Waals surface area contributed by atoms with Gasteiger partial charge in [-0.25, -0.2) is 14.2 Å². The zero-order valence-electron chi connectivity index (χ0n) is 14.9. The van der Waals surface area contributed by atoms with Gasteiger partial charge < -0.3 is 9.75 Å². The molecule has 26 heavy (non-hydrogen) atoms. The molecule has 0 unspecified atom stereocenters. The van der Waals surface area contributed by atoms with Gasteiger partial charge in [0.2, 0.25) is 0 Å². The van der Waals surface area contributed by atoms with Gasteiger partial charge in [-0.15, -0.1) is 0 Å². The first-order valence-electron chi connectivity index (χ1n) is 8.25. The number of rotatable bonds is 4. The number of nitrogens with zero attached hydrogens (tertiary/aromatic N) is 5. The van der Waals surface area contributed by atoms with Crippen LogP contribution < -0.4 is 10.6 Å². The number of ether oxygens (including phenoxy) is 1. The maximum absolute atomic E-state index is 12.7. The maximum Gasteiger partial charge on any atom is 0.279 e. The Labute approximate surface area is 150 Å². The zero-order chi connectivity index (χ0) is 18.3. The van der Waals surface area contributed by atoms with Crippen LogP contribution >= 0.6 is 0 Å². The van der Waals surface area contributed by atoms with Gasteiger partial charge in [-0.2, -0.15) is 5.10 Å². The molecule has 0 N–H and O–H groups in total. The molecule has 0 spiro atoms. The van der Waals surface area contributed by atoms with E-state index in [-0.39, 0.29) is 5.56 Å². The molecular weight excluding hydrogens is 330 g/mol. The molecule has 0 aliphatic rings. The van der Waals surface area contributed by atoms with Crippen LogP contribution in [0.2, 0.25) is 0 Å². The van der Waals surface area contributed by atoms with E-state index in [1.807, 2.05) is 50.5 Å². The van der Waals surface area contributed by atoms with Gasteiger partial charge in [0.1, 0.15) is 0 Å². The minimum absolute atomic E-state index is 0.132. The van der Waals surface area contributed by atoms with Crippen LogP contribution in [0.5, 0.6) is 0 Å². The summed E-state index contributed by atoms with van der Waals surface area (Å²) < 4.78 is 8.59. The van der Waals surface area contributed by atoms with E-state index in [0.717, 1.165) is 22.3 Å². The Hall–Kier alpha value is -3.19. The van der Waals surface area contributed by atoms with Gasteiger partial charge in [0.05, 0.1) is 28.8 Å². The van der Waals surface area contributed by atoms with Gasteiger partial charge in [0, 0.05) is 33.6 Å². The number of hydrogen-bond acceptors (Lipinski definition) is 5. The highest BCUT2D eigenvalue weighted by atomic mass is 16.5. The lowest BCUT2D eigenvalue weighted by Gasteiger charge is -2.15. The number of aromatic nitrogens is 4. The Kier molecular flexibility index (Phi) is 3.93. The summed E-state index contributed by atoms with van der Waals surface area (Å²) in [6, 6.07) is 11.8. The third kappa shape index (κ3) is 2.44. The van der Waals surface area contributed by atoms with E-state index in [4.69, 9.17) is 4.74 Å². The number of hydrogen-bond donors (Lipinski definition) is 0. The van der Waals surface area contributed by atoms with Gasteiger partial charge in [-0.1, -0.05) is 30.3 Å². The van der Waals surface area contributed by atoms with Crippen molar-refractivity contribution >= 4 is 16.6 Å². The van der Waals surface area contributed by atoms with Gasteiger partial charge in [-0.3, -0.25) is 4.79 Å². The molecule has 0 atom stereocenters. The summed E-state index contributed by atoms with van der Waals surface area (Å²) in [4.78, 5) is 17.3. The highest BCUT2D eigenvalue weighted by Gasteiger charge is 2.18. The van der Waals surface area contributed by atoms with Crippen molar-refractivity contribution in [2.24, 2.45) is 0 Å². The van der Waals surface area contributed by atoms with Crippen LogP contribution in [0.15, 0.2) is 53.6 Å². The summed E-state index contributed by atoms with van der Waals surface area (Å²) >= 11 is 0. The number of fused-ring (bicyclic) bond motifs is 3. The summed E-state index contributed by atoms with van der Waals surface area (Å²) in [6.07, 6.45) is 3.36. The fourth-order valence-electron chi connectivity index (χ4n) is 3.16. The van der Waals surface area contributed by atoms with Gasteiger partial charge in [0.15, 0.2) is 5.65 Å². The van der Waals surface area contributed by atoms with E-state index >= 15 is 0 Å². The van der Waals surface area contributed by atoms with Crippen molar-refractivity contribution in [3.05, 3.63) is 64.8 Å². The van der Waals surface area contributed by atoms with E-state index < -0.39 is 0 Å². The van der Waals surface area contributed by atoms with Crippen LogP contribution in [-0.4, -0.2) is 40.5 Å². The van der Waals surface area contributed by atoms with Crippen LogP contribution in [0, 0.1) is 0 Å². The topological polar surface area (TPSA) is 64.7 Å². The first-order valence-corrected chi connectivity index (χ1v) is 8.25. The van der Waals surface area contributed by atoms with Gasteiger partial charge in [0.25, 0.3) is 5.56 Å². The fourth-order valence-corrected chi connectivity index (χ4v) is 3.16. The lowest BCUT2D eigenvalue weighted by molar-refractivity contribution is 0.181. The van der Waals surface area contributed by atoms with Gasteiger partial charge >= 0.3 is 0 Å². The number of pyridine rings is 1. The highest BCUT2D eigenvalue weighted by Crippen LogP contribution is 2.29. The van der Waals surface area contributed by atoms with Crippen LogP contribution in [0.25, 0.3) is 27.7 Å². The molecule has 0 amide bonds. The second kappa shape index (κ2) is 6.27. The average molecular weight is 349 g/mol. The Morgan fingerprint density at radius 2 is 1.92 bits per heavy atom. The molecule has 3 aromatic heterocycles. The molecule has 4 aromatic rings. The molecule has 0 fully saturated rings. The predicted molar refractivity (Wildman–Crippen MR) is 101 cm³/mol. The van der Waals surface area contributed by atoms with E-state index in [9.17, 15) is 4.79 Å².